The third-order valence-electron chi connectivity index (χ3n) is 3.78. The fraction of sp³-hybridized carbons (Fsp3) is 0.222. The molecule has 0 saturated carbocycles. The molecule has 0 saturated heterocycles. The summed E-state index contributed by atoms with van der Waals surface area (Å²) < 4.78 is 5.26. The van der Waals surface area contributed by atoms with Crippen molar-refractivity contribution in [1.29, 1.82) is 0 Å². The number of para-hydroxylation sites is 1. The standard InChI is InChI=1S/C18H17N3O3/c1-10-8-20-15(9-19-10)18(23)24-12(3)17(22)16-11(2)21-14-7-5-4-6-13(14)16/h4-9,12,21H,1-3H3/t12-/m1/s1. The molecule has 0 aliphatic rings. The number of aryl methyl sites for hydroxylation is 2. The van der Waals surface area contributed by atoms with Gasteiger partial charge in [0.15, 0.2) is 11.8 Å². The van der Waals surface area contributed by atoms with E-state index in [1.54, 1.807) is 13.8 Å². The highest BCUT2D eigenvalue weighted by Gasteiger charge is 2.25. The van der Waals surface area contributed by atoms with Crippen molar-refractivity contribution < 1.29 is 14.3 Å². The maximum absolute atomic E-state index is 12.7. The molecule has 24 heavy (non-hydrogen) atoms. The second-order valence-electron chi connectivity index (χ2n) is 5.63. The number of nitrogens with one attached hydrogen (secondary N) is 1. The Morgan fingerprint density at radius 2 is 1.88 bits per heavy atom. The van der Waals surface area contributed by atoms with Crippen LogP contribution >= 0.6 is 0 Å². The fourth-order valence-electron chi connectivity index (χ4n) is 2.57. The molecule has 0 aliphatic heterocycles. The highest BCUT2D eigenvalue weighted by Crippen LogP contribution is 2.24. The van der Waals surface area contributed by atoms with Gasteiger partial charge in [-0.1, -0.05) is 18.2 Å². The number of hydrogen-bond acceptors (Lipinski definition) is 5. The Morgan fingerprint density at radius 1 is 1.12 bits per heavy atom. The monoisotopic (exact) mass is 323 g/mol. The zero-order chi connectivity index (χ0) is 17.3. The molecule has 6 nitrogen and oxygen atoms in total. The molecule has 0 unspecified atom stereocenters. The summed E-state index contributed by atoms with van der Waals surface area (Å²) in [6.45, 7) is 5.16. The lowest BCUT2D eigenvalue weighted by Gasteiger charge is -2.12. The van der Waals surface area contributed by atoms with E-state index in [9.17, 15) is 9.59 Å². The van der Waals surface area contributed by atoms with E-state index in [4.69, 9.17) is 4.74 Å². The number of nitrogens with zero attached hydrogens (tertiary/aromatic N) is 2. The van der Waals surface area contributed by atoms with Crippen LogP contribution in [-0.2, 0) is 4.74 Å². The Labute approximate surface area is 138 Å². The molecule has 0 fully saturated rings. The van der Waals surface area contributed by atoms with E-state index in [2.05, 4.69) is 15.0 Å². The summed E-state index contributed by atoms with van der Waals surface area (Å²) in [4.78, 5) is 36.0. The number of aromatic nitrogens is 3. The van der Waals surface area contributed by atoms with Gasteiger partial charge in [0.05, 0.1) is 11.9 Å². The summed E-state index contributed by atoms with van der Waals surface area (Å²) in [6.07, 6.45) is 1.90. The molecule has 122 valence electrons. The lowest BCUT2D eigenvalue weighted by molar-refractivity contribution is 0.0313. The van der Waals surface area contributed by atoms with Crippen molar-refractivity contribution in [2.45, 2.75) is 26.9 Å². The van der Waals surface area contributed by atoms with Crippen LogP contribution in [0.25, 0.3) is 10.9 Å². The Balaban J connectivity index is 1.82. The van der Waals surface area contributed by atoms with E-state index in [-0.39, 0.29) is 11.5 Å². The van der Waals surface area contributed by atoms with Crippen molar-refractivity contribution >= 4 is 22.7 Å². The van der Waals surface area contributed by atoms with Crippen LogP contribution in [0.3, 0.4) is 0 Å². The first-order chi connectivity index (χ1) is 11.5. The largest absolute Gasteiger partial charge is 0.449 e. The SMILES string of the molecule is Cc1cnc(C(=O)O[C@H](C)C(=O)c2c(C)[nH]c3ccccc23)cn1. The average Bonchev–Trinajstić information content (AvgIpc) is 2.90. The van der Waals surface area contributed by atoms with Gasteiger partial charge >= 0.3 is 5.97 Å². The van der Waals surface area contributed by atoms with Gasteiger partial charge in [0.25, 0.3) is 0 Å². The first-order valence-corrected chi connectivity index (χ1v) is 7.58. The molecule has 0 amide bonds. The van der Waals surface area contributed by atoms with Gasteiger partial charge in [0.1, 0.15) is 0 Å². The maximum Gasteiger partial charge on any atom is 0.359 e. The predicted molar refractivity (Wildman–Crippen MR) is 89.0 cm³/mol. The number of esters is 1. The number of benzene rings is 1. The minimum absolute atomic E-state index is 0.0795. The number of carbonyl (C=O) groups excluding carboxylic acids is 2. The van der Waals surface area contributed by atoms with Crippen molar-refractivity contribution in [2.24, 2.45) is 0 Å². The number of ether oxygens (including phenoxy) is 1. The lowest BCUT2D eigenvalue weighted by Crippen LogP contribution is -2.25. The molecular formula is C18H17N3O3. The number of hydrogen-bond donors (Lipinski definition) is 1. The van der Waals surface area contributed by atoms with Gasteiger partial charge in [-0.3, -0.25) is 9.78 Å². The number of H-pyrrole nitrogens is 1. The number of carbonyl (C=O) groups is 2. The van der Waals surface area contributed by atoms with Gasteiger partial charge in [-0.25, -0.2) is 9.78 Å². The van der Waals surface area contributed by atoms with Crippen LogP contribution in [0.2, 0.25) is 0 Å². The summed E-state index contributed by atoms with van der Waals surface area (Å²) in [7, 11) is 0. The Hall–Kier alpha value is -3.02. The van der Waals surface area contributed by atoms with E-state index < -0.39 is 12.1 Å². The van der Waals surface area contributed by atoms with E-state index >= 15 is 0 Å². The second kappa shape index (κ2) is 6.23. The molecule has 0 spiro atoms. The number of rotatable bonds is 4. The van der Waals surface area contributed by atoms with E-state index in [0.29, 0.717) is 11.3 Å². The highest BCUT2D eigenvalue weighted by atomic mass is 16.5. The second-order valence-corrected chi connectivity index (χ2v) is 5.63. The summed E-state index contributed by atoms with van der Waals surface area (Å²) in [5, 5.41) is 0.818. The van der Waals surface area contributed by atoms with E-state index in [0.717, 1.165) is 16.6 Å². The molecule has 2 aromatic heterocycles. The van der Waals surface area contributed by atoms with Crippen LogP contribution in [0, 0.1) is 13.8 Å². The number of ketones is 1. The first-order valence-electron chi connectivity index (χ1n) is 7.58. The van der Waals surface area contributed by atoms with Crippen molar-refractivity contribution in [3.63, 3.8) is 0 Å². The van der Waals surface area contributed by atoms with Crippen molar-refractivity contribution in [3.8, 4) is 0 Å². The van der Waals surface area contributed by atoms with Gasteiger partial charge < -0.3 is 9.72 Å². The molecule has 1 atom stereocenters. The van der Waals surface area contributed by atoms with Crippen LogP contribution in [0.5, 0.6) is 0 Å². The molecule has 1 N–H and O–H groups in total. The Morgan fingerprint density at radius 3 is 2.58 bits per heavy atom. The summed E-state index contributed by atoms with van der Waals surface area (Å²) in [6, 6.07) is 7.53. The molecule has 3 rings (SSSR count). The first kappa shape index (κ1) is 15.9. The predicted octanol–water partition coefficient (Wildman–Crippen LogP) is 3.00. The quantitative estimate of drug-likeness (QED) is 0.589. The number of aromatic amines is 1. The van der Waals surface area contributed by atoms with Crippen LogP contribution in [0.1, 0.15) is 39.2 Å². The molecule has 1 aromatic carbocycles. The van der Waals surface area contributed by atoms with Crippen molar-refractivity contribution in [3.05, 3.63) is 59.3 Å². The van der Waals surface area contributed by atoms with Gasteiger partial charge in [-0.2, -0.15) is 0 Å². The minimum atomic E-state index is -0.918. The molecule has 0 bridgehead atoms. The Kier molecular flexibility index (Phi) is 4.12. The van der Waals surface area contributed by atoms with Crippen LogP contribution in [0.15, 0.2) is 36.7 Å². The summed E-state index contributed by atoms with van der Waals surface area (Å²) in [5.41, 5.74) is 2.95. The fourth-order valence-corrected chi connectivity index (χ4v) is 2.57. The number of fused-ring (bicyclic) bond motifs is 1. The smallest absolute Gasteiger partial charge is 0.359 e. The average molecular weight is 323 g/mol. The van der Waals surface area contributed by atoms with Crippen LogP contribution in [-0.4, -0.2) is 32.8 Å². The van der Waals surface area contributed by atoms with Crippen molar-refractivity contribution in [1.82, 2.24) is 15.0 Å². The van der Waals surface area contributed by atoms with Crippen LogP contribution in [0.4, 0.5) is 0 Å². The molecular weight excluding hydrogens is 306 g/mol. The van der Waals surface area contributed by atoms with E-state index in [1.807, 2.05) is 31.2 Å². The molecule has 6 heteroatoms. The van der Waals surface area contributed by atoms with Crippen molar-refractivity contribution in [2.75, 3.05) is 0 Å². The topological polar surface area (TPSA) is 84.9 Å². The van der Waals surface area contributed by atoms with Gasteiger partial charge in [-0.15, -0.1) is 0 Å². The minimum Gasteiger partial charge on any atom is -0.449 e. The molecule has 3 aromatic rings. The van der Waals surface area contributed by atoms with Gasteiger partial charge in [0, 0.05) is 28.4 Å². The van der Waals surface area contributed by atoms with Crippen LogP contribution < -0.4 is 0 Å². The summed E-state index contributed by atoms with van der Waals surface area (Å²) in [5.74, 6) is -0.917. The highest BCUT2D eigenvalue weighted by molar-refractivity contribution is 6.11. The maximum atomic E-state index is 12.7. The normalized spacial score (nSPS) is 12.1. The molecule has 0 radical (unpaired) electrons. The zero-order valence-electron chi connectivity index (χ0n) is 13.7. The molecule has 0 aliphatic carbocycles. The summed E-state index contributed by atoms with van der Waals surface area (Å²) >= 11 is 0. The van der Waals surface area contributed by atoms with Gasteiger partial charge in [0.2, 0.25) is 5.78 Å². The lowest BCUT2D eigenvalue weighted by atomic mass is 10.0. The third-order valence-corrected chi connectivity index (χ3v) is 3.78. The molecule has 2 heterocycles. The van der Waals surface area contributed by atoms with E-state index in [1.165, 1.54) is 12.4 Å². The third kappa shape index (κ3) is 2.90. The Bertz CT molecular complexity index is 913. The zero-order valence-corrected chi connectivity index (χ0v) is 13.7. The number of Topliss-reactive ketones (excluding diaryl/α,β-unsaturated/α-hetero) is 1. The van der Waals surface area contributed by atoms with Gasteiger partial charge in [-0.05, 0) is 26.8 Å².